The summed E-state index contributed by atoms with van der Waals surface area (Å²) in [5, 5.41) is 3.19. The summed E-state index contributed by atoms with van der Waals surface area (Å²) in [7, 11) is 1.57. The van der Waals surface area contributed by atoms with Gasteiger partial charge in [-0.2, -0.15) is 4.98 Å². The average Bonchev–Trinajstić information content (AvgIpc) is 2.30. The number of hydrogen-bond donors (Lipinski definition) is 1. The third-order valence-electron chi connectivity index (χ3n) is 2.36. The molecule has 0 aliphatic rings. The van der Waals surface area contributed by atoms with Crippen LogP contribution in [0.4, 0.5) is 5.95 Å². The first-order chi connectivity index (χ1) is 7.58. The number of anilines is 1. The van der Waals surface area contributed by atoms with E-state index >= 15 is 0 Å². The molecule has 0 fully saturated rings. The van der Waals surface area contributed by atoms with Gasteiger partial charge in [-0.25, -0.2) is 4.98 Å². The van der Waals surface area contributed by atoms with Crippen LogP contribution >= 0.6 is 27.5 Å². The molecule has 16 heavy (non-hydrogen) atoms. The lowest BCUT2D eigenvalue weighted by atomic mass is 10.1. The Bertz CT molecular complexity index is 351. The highest BCUT2D eigenvalue weighted by Gasteiger charge is 2.13. The van der Waals surface area contributed by atoms with Crippen molar-refractivity contribution in [2.75, 3.05) is 18.3 Å². The van der Waals surface area contributed by atoms with Crippen LogP contribution in [0.5, 0.6) is 5.88 Å². The average molecular weight is 309 g/mol. The van der Waals surface area contributed by atoms with Gasteiger partial charge in [0, 0.05) is 11.9 Å². The van der Waals surface area contributed by atoms with Crippen molar-refractivity contribution < 1.29 is 4.74 Å². The van der Waals surface area contributed by atoms with E-state index in [0.717, 1.165) is 4.47 Å². The summed E-state index contributed by atoms with van der Waals surface area (Å²) in [5.74, 6) is 2.01. The Balaban J connectivity index is 2.74. The molecule has 1 aromatic rings. The van der Waals surface area contributed by atoms with Crippen LogP contribution in [0.3, 0.4) is 0 Å². The number of nitrogens with one attached hydrogen (secondary N) is 1. The Kier molecular flexibility index (Phi) is 5.28. The summed E-state index contributed by atoms with van der Waals surface area (Å²) < 4.78 is 5.82. The molecule has 0 aromatic carbocycles. The minimum Gasteiger partial charge on any atom is -0.480 e. The van der Waals surface area contributed by atoms with Crippen LogP contribution in [0.2, 0.25) is 0 Å². The Morgan fingerprint density at radius 1 is 1.56 bits per heavy atom. The molecule has 90 valence electrons. The molecule has 4 nitrogen and oxygen atoms in total. The van der Waals surface area contributed by atoms with Crippen LogP contribution < -0.4 is 10.1 Å². The molecule has 0 saturated heterocycles. The smallest absolute Gasteiger partial charge is 0.232 e. The van der Waals surface area contributed by atoms with Crippen molar-refractivity contribution in [2.24, 2.45) is 5.92 Å². The number of ether oxygens (including phenoxy) is 1. The molecule has 1 N–H and O–H groups in total. The molecule has 0 aliphatic carbocycles. The zero-order valence-corrected chi connectivity index (χ0v) is 11.8. The van der Waals surface area contributed by atoms with E-state index in [4.69, 9.17) is 16.3 Å². The topological polar surface area (TPSA) is 47.0 Å². The number of rotatable bonds is 5. The fourth-order valence-corrected chi connectivity index (χ4v) is 1.66. The lowest BCUT2D eigenvalue weighted by Crippen LogP contribution is -2.25. The summed E-state index contributed by atoms with van der Waals surface area (Å²) in [5.41, 5.74) is 0. The third-order valence-corrected chi connectivity index (χ3v) is 3.39. The van der Waals surface area contributed by atoms with Crippen molar-refractivity contribution in [3.8, 4) is 5.88 Å². The maximum Gasteiger partial charge on any atom is 0.232 e. The van der Waals surface area contributed by atoms with Crippen molar-refractivity contribution in [3.05, 3.63) is 10.7 Å². The number of aromatic nitrogens is 2. The van der Waals surface area contributed by atoms with Gasteiger partial charge in [-0.1, -0.05) is 6.92 Å². The molecule has 1 heterocycles. The third kappa shape index (κ3) is 3.49. The first kappa shape index (κ1) is 13.5. The van der Waals surface area contributed by atoms with Crippen LogP contribution in [-0.2, 0) is 0 Å². The lowest BCUT2D eigenvalue weighted by Gasteiger charge is -2.19. The molecule has 1 rings (SSSR count). The predicted molar refractivity (Wildman–Crippen MR) is 69.3 cm³/mol. The molecule has 0 aliphatic heterocycles. The molecule has 1 aromatic heterocycles. The summed E-state index contributed by atoms with van der Waals surface area (Å²) in [4.78, 5) is 8.36. The van der Waals surface area contributed by atoms with E-state index in [1.54, 1.807) is 13.3 Å². The van der Waals surface area contributed by atoms with Crippen molar-refractivity contribution in [1.29, 1.82) is 0 Å². The van der Waals surface area contributed by atoms with Gasteiger partial charge in [0.1, 0.15) is 0 Å². The van der Waals surface area contributed by atoms with Crippen molar-refractivity contribution >= 4 is 33.5 Å². The van der Waals surface area contributed by atoms with Crippen molar-refractivity contribution in [2.45, 2.75) is 19.9 Å². The molecule has 6 heteroatoms. The van der Waals surface area contributed by atoms with E-state index in [9.17, 15) is 0 Å². The summed E-state index contributed by atoms with van der Waals surface area (Å²) in [6.07, 6.45) is 1.66. The molecule has 2 atom stereocenters. The summed E-state index contributed by atoms with van der Waals surface area (Å²) >= 11 is 9.08. The van der Waals surface area contributed by atoms with E-state index in [0.29, 0.717) is 23.6 Å². The van der Waals surface area contributed by atoms with E-state index in [2.05, 4.69) is 38.1 Å². The maximum absolute atomic E-state index is 5.78. The van der Waals surface area contributed by atoms with Crippen LogP contribution in [-0.4, -0.2) is 29.0 Å². The van der Waals surface area contributed by atoms with E-state index in [1.807, 2.05) is 6.92 Å². The second-order valence-corrected chi connectivity index (χ2v) is 4.78. The van der Waals surface area contributed by atoms with E-state index < -0.39 is 0 Å². The van der Waals surface area contributed by atoms with Gasteiger partial charge in [0.15, 0.2) is 0 Å². The quantitative estimate of drug-likeness (QED) is 0.850. The van der Waals surface area contributed by atoms with Crippen molar-refractivity contribution in [3.63, 3.8) is 0 Å². The highest BCUT2D eigenvalue weighted by molar-refractivity contribution is 9.10. The molecule has 0 radical (unpaired) electrons. The van der Waals surface area contributed by atoms with Crippen molar-refractivity contribution in [1.82, 2.24) is 9.97 Å². The summed E-state index contributed by atoms with van der Waals surface area (Å²) in [6, 6.07) is 0.211. The molecule has 0 amide bonds. The number of halogens is 2. The first-order valence-electron chi connectivity index (χ1n) is 4.97. The second kappa shape index (κ2) is 6.25. The van der Waals surface area contributed by atoms with Crippen LogP contribution in [0.1, 0.15) is 13.8 Å². The van der Waals surface area contributed by atoms with Gasteiger partial charge >= 0.3 is 0 Å². The normalized spacial score (nSPS) is 14.3. The monoisotopic (exact) mass is 307 g/mol. The predicted octanol–water partition coefficient (Wildman–Crippen LogP) is 2.92. The second-order valence-electron chi connectivity index (χ2n) is 3.62. The minimum atomic E-state index is 0.211. The van der Waals surface area contributed by atoms with Gasteiger partial charge < -0.3 is 10.1 Å². The lowest BCUT2D eigenvalue weighted by molar-refractivity contribution is 0.394. The summed E-state index contributed by atoms with van der Waals surface area (Å²) in [6.45, 7) is 4.12. The molecule has 2 unspecified atom stereocenters. The van der Waals surface area contributed by atoms with Gasteiger partial charge in [-0.15, -0.1) is 11.6 Å². The molecular weight excluding hydrogens is 293 g/mol. The molecule has 0 saturated carbocycles. The number of alkyl halides is 1. The fraction of sp³-hybridized carbons (Fsp3) is 0.600. The van der Waals surface area contributed by atoms with E-state index in [-0.39, 0.29) is 6.04 Å². The molecule has 0 bridgehead atoms. The molecular formula is C10H15BrClN3O. The van der Waals surface area contributed by atoms with Crippen LogP contribution in [0.15, 0.2) is 10.7 Å². The van der Waals surface area contributed by atoms with Gasteiger partial charge in [0.2, 0.25) is 11.8 Å². The maximum atomic E-state index is 5.78. The zero-order valence-electron chi connectivity index (χ0n) is 9.50. The number of methoxy groups -OCH3 is 1. The highest BCUT2D eigenvalue weighted by atomic mass is 79.9. The number of nitrogens with zero attached hydrogens (tertiary/aromatic N) is 2. The number of hydrogen-bond acceptors (Lipinski definition) is 4. The van der Waals surface area contributed by atoms with Crippen LogP contribution in [0.25, 0.3) is 0 Å². The van der Waals surface area contributed by atoms with Crippen LogP contribution in [0, 0.1) is 5.92 Å². The Labute approximate surface area is 109 Å². The highest BCUT2D eigenvalue weighted by Crippen LogP contribution is 2.22. The Hall–Kier alpha value is -0.550. The Morgan fingerprint density at radius 3 is 2.81 bits per heavy atom. The minimum absolute atomic E-state index is 0.211. The standard InChI is InChI=1S/C10H15BrClN3O/c1-6(4-12)7(2)14-10-13-5-8(11)9(15-10)16-3/h5-7H,4H2,1-3H3,(H,13,14,15). The SMILES string of the molecule is COc1nc(NC(C)C(C)CCl)ncc1Br. The van der Waals surface area contributed by atoms with Gasteiger partial charge in [0.05, 0.1) is 17.8 Å². The van der Waals surface area contributed by atoms with E-state index in [1.165, 1.54) is 0 Å². The fourth-order valence-electron chi connectivity index (χ4n) is 1.04. The Morgan fingerprint density at radius 2 is 2.25 bits per heavy atom. The van der Waals surface area contributed by atoms with Gasteiger partial charge in [-0.05, 0) is 28.8 Å². The van der Waals surface area contributed by atoms with Gasteiger partial charge in [-0.3, -0.25) is 0 Å². The molecule has 0 spiro atoms. The zero-order chi connectivity index (χ0) is 12.1. The largest absolute Gasteiger partial charge is 0.480 e. The first-order valence-corrected chi connectivity index (χ1v) is 6.30. The van der Waals surface area contributed by atoms with Gasteiger partial charge in [0.25, 0.3) is 0 Å².